The molecule has 2 atom stereocenters. The Kier molecular flexibility index (Phi) is 5.79. The third-order valence-corrected chi connectivity index (χ3v) is 5.53. The third kappa shape index (κ3) is 4.33. The maximum Gasteiger partial charge on any atom is 0.410 e. The van der Waals surface area contributed by atoms with Gasteiger partial charge in [0.1, 0.15) is 14.5 Å². The van der Waals surface area contributed by atoms with E-state index in [2.05, 4.69) is 22.3 Å². The van der Waals surface area contributed by atoms with Gasteiger partial charge in [-0.2, -0.15) is 5.10 Å². The molecule has 1 aromatic carbocycles. The minimum Gasteiger partial charge on any atom is -0.445 e. The highest BCUT2D eigenvalue weighted by molar-refractivity contribution is 6.30. The van der Waals surface area contributed by atoms with Gasteiger partial charge in [0.15, 0.2) is 5.65 Å². The molecule has 0 spiro atoms. The molecule has 3 aromatic rings. The molecule has 1 saturated heterocycles. The average Bonchev–Trinajstić information content (AvgIpc) is 3.35. The second kappa shape index (κ2) is 8.67. The lowest BCUT2D eigenvalue weighted by atomic mass is 10.0. The molecule has 2 aromatic heterocycles. The van der Waals surface area contributed by atoms with Crippen molar-refractivity contribution in [1.29, 1.82) is 0 Å². The molecule has 1 aliphatic rings. The maximum absolute atomic E-state index is 12.6. The van der Waals surface area contributed by atoms with Crippen molar-refractivity contribution in [2.75, 3.05) is 18.4 Å². The molecule has 0 aliphatic carbocycles. The Balaban J connectivity index is 1.51. The van der Waals surface area contributed by atoms with Crippen LogP contribution in [0, 0.1) is 5.92 Å². The zero-order valence-electron chi connectivity index (χ0n) is 17.2. The van der Waals surface area contributed by atoms with E-state index in [1.54, 1.807) is 11.1 Å². The van der Waals surface area contributed by atoms with Crippen LogP contribution in [0.5, 0.6) is 0 Å². The van der Waals surface area contributed by atoms with E-state index >= 15 is 0 Å². The molecule has 1 fully saturated rings. The largest absolute Gasteiger partial charge is 0.445 e. The van der Waals surface area contributed by atoms with Gasteiger partial charge >= 0.3 is 6.09 Å². The Bertz CT molecular complexity index is 1100. The molecule has 31 heavy (non-hydrogen) atoms. The van der Waals surface area contributed by atoms with Gasteiger partial charge in [-0.15, -0.1) is 0 Å². The summed E-state index contributed by atoms with van der Waals surface area (Å²) in [4.78, 5) is 30.6. The first-order chi connectivity index (χ1) is 15.0. The maximum atomic E-state index is 12.6. The van der Waals surface area contributed by atoms with Crippen LogP contribution in [0.25, 0.3) is 5.65 Å². The molecule has 2 radical (unpaired) electrons. The van der Waals surface area contributed by atoms with E-state index < -0.39 is 5.91 Å². The monoisotopic (exact) mass is 418 g/mol. The SMILES string of the molecule is [B]c1cn2ncc(C(N)=O)c(N[C@@H]3CN(C(=O)OCc4ccccc4)C[C@@H]3CC)c2n1. The van der Waals surface area contributed by atoms with Crippen LogP contribution >= 0.6 is 0 Å². The molecule has 9 nitrogen and oxygen atoms in total. The van der Waals surface area contributed by atoms with Crippen LogP contribution in [0.4, 0.5) is 10.5 Å². The van der Waals surface area contributed by atoms with Crippen molar-refractivity contribution >= 4 is 36.8 Å². The fraction of sp³-hybridized carbons (Fsp3) is 0.333. The minimum atomic E-state index is -0.621. The van der Waals surface area contributed by atoms with Crippen LogP contribution in [0.1, 0.15) is 29.3 Å². The quantitative estimate of drug-likeness (QED) is 0.579. The van der Waals surface area contributed by atoms with Gasteiger partial charge in [-0.1, -0.05) is 37.3 Å². The number of likely N-dealkylation sites (tertiary alicyclic amines) is 1. The molecule has 10 heteroatoms. The van der Waals surface area contributed by atoms with Crippen LogP contribution in [0.2, 0.25) is 0 Å². The van der Waals surface area contributed by atoms with E-state index in [0.29, 0.717) is 24.4 Å². The Morgan fingerprint density at radius 2 is 2.06 bits per heavy atom. The molecule has 3 heterocycles. The predicted molar refractivity (Wildman–Crippen MR) is 116 cm³/mol. The van der Waals surface area contributed by atoms with Gasteiger partial charge in [-0.3, -0.25) is 4.79 Å². The molecular weight excluding hydrogens is 395 g/mol. The molecular formula is C21H23BN6O3. The molecule has 158 valence electrons. The number of carbonyl (C=O) groups is 2. The van der Waals surface area contributed by atoms with Gasteiger partial charge in [0.2, 0.25) is 0 Å². The minimum absolute atomic E-state index is 0.114. The van der Waals surface area contributed by atoms with Crippen molar-refractivity contribution in [3.63, 3.8) is 0 Å². The normalized spacial score (nSPS) is 18.3. The smallest absolute Gasteiger partial charge is 0.410 e. The van der Waals surface area contributed by atoms with Crippen LogP contribution in [-0.4, -0.2) is 58.5 Å². The van der Waals surface area contributed by atoms with Crippen LogP contribution in [-0.2, 0) is 11.3 Å². The third-order valence-electron chi connectivity index (χ3n) is 5.53. The van der Waals surface area contributed by atoms with E-state index in [1.165, 1.54) is 10.7 Å². The van der Waals surface area contributed by atoms with Crippen molar-refractivity contribution in [3.05, 3.63) is 53.9 Å². The summed E-state index contributed by atoms with van der Waals surface area (Å²) in [6, 6.07) is 9.43. The highest BCUT2D eigenvalue weighted by Crippen LogP contribution is 2.28. The Hall–Kier alpha value is -3.56. The van der Waals surface area contributed by atoms with Gasteiger partial charge in [-0.25, -0.2) is 14.3 Å². The molecule has 0 unspecified atom stereocenters. The van der Waals surface area contributed by atoms with Gasteiger partial charge in [0.25, 0.3) is 5.91 Å². The predicted octanol–water partition coefficient (Wildman–Crippen LogP) is 1.08. The van der Waals surface area contributed by atoms with Gasteiger partial charge in [-0.05, 0) is 17.9 Å². The molecule has 0 saturated carbocycles. The van der Waals surface area contributed by atoms with E-state index in [0.717, 1.165) is 12.0 Å². The van der Waals surface area contributed by atoms with Gasteiger partial charge in [0, 0.05) is 30.9 Å². The summed E-state index contributed by atoms with van der Waals surface area (Å²) in [5, 5.41) is 7.52. The topological polar surface area (TPSA) is 115 Å². The first-order valence-corrected chi connectivity index (χ1v) is 10.1. The highest BCUT2D eigenvalue weighted by atomic mass is 16.6. The number of imidazole rings is 1. The molecule has 1 aliphatic heterocycles. The zero-order valence-corrected chi connectivity index (χ0v) is 17.2. The summed E-state index contributed by atoms with van der Waals surface area (Å²) >= 11 is 0. The number of hydrogen-bond donors (Lipinski definition) is 2. The Morgan fingerprint density at radius 3 is 2.77 bits per heavy atom. The number of rotatable bonds is 6. The summed E-state index contributed by atoms with van der Waals surface area (Å²) in [5.41, 5.74) is 7.85. The Labute approximate surface area is 181 Å². The van der Waals surface area contributed by atoms with Crippen molar-refractivity contribution in [2.24, 2.45) is 11.7 Å². The number of carbonyl (C=O) groups excluding carboxylic acids is 2. The zero-order chi connectivity index (χ0) is 22.0. The van der Waals surface area contributed by atoms with Crippen molar-refractivity contribution in [3.8, 4) is 0 Å². The van der Waals surface area contributed by atoms with E-state index in [-0.39, 0.29) is 35.8 Å². The number of fused-ring (bicyclic) bond motifs is 1. The van der Waals surface area contributed by atoms with E-state index in [9.17, 15) is 9.59 Å². The lowest BCUT2D eigenvalue weighted by Gasteiger charge is -2.21. The standard InChI is InChI=1S/C21H23BN6O3/c1-2-14-9-27(21(30)31-12-13-6-4-3-5-7-13)10-16(14)25-18-15(19(23)29)8-24-28-11-17(22)26-20(18)28/h3-8,11,14,16,25H,2,9-10,12H2,1H3,(H2,23,29)/t14-,16+/m0/s1. The fourth-order valence-electron chi connectivity index (χ4n) is 3.87. The number of anilines is 1. The van der Waals surface area contributed by atoms with Crippen molar-refractivity contribution in [2.45, 2.75) is 26.0 Å². The number of ether oxygens (including phenoxy) is 1. The Morgan fingerprint density at radius 1 is 1.29 bits per heavy atom. The second-order valence-electron chi connectivity index (χ2n) is 7.60. The first kappa shape index (κ1) is 20.7. The summed E-state index contributed by atoms with van der Waals surface area (Å²) < 4.78 is 6.97. The number of amides is 2. The van der Waals surface area contributed by atoms with Gasteiger partial charge in [0.05, 0.1) is 17.4 Å². The number of benzene rings is 1. The van der Waals surface area contributed by atoms with Crippen LogP contribution in [0.15, 0.2) is 42.7 Å². The number of nitrogens with zero attached hydrogens (tertiary/aromatic N) is 4. The summed E-state index contributed by atoms with van der Waals surface area (Å²) in [5.74, 6) is -0.463. The highest BCUT2D eigenvalue weighted by Gasteiger charge is 2.36. The van der Waals surface area contributed by atoms with Gasteiger partial charge < -0.3 is 20.7 Å². The fourth-order valence-corrected chi connectivity index (χ4v) is 3.87. The lowest BCUT2D eigenvalue weighted by molar-refractivity contribution is 0.0998. The van der Waals surface area contributed by atoms with Crippen LogP contribution in [0.3, 0.4) is 0 Å². The second-order valence-corrected chi connectivity index (χ2v) is 7.60. The van der Waals surface area contributed by atoms with E-state index in [1.807, 2.05) is 30.3 Å². The van der Waals surface area contributed by atoms with Crippen molar-refractivity contribution < 1.29 is 14.3 Å². The summed E-state index contributed by atoms with van der Waals surface area (Å²) in [7, 11) is 5.81. The lowest BCUT2D eigenvalue weighted by Crippen LogP contribution is -2.33. The molecule has 3 N–H and O–H groups in total. The van der Waals surface area contributed by atoms with Crippen molar-refractivity contribution in [1.82, 2.24) is 19.5 Å². The first-order valence-electron chi connectivity index (χ1n) is 10.1. The number of aromatic nitrogens is 3. The molecule has 0 bridgehead atoms. The van der Waals surface area contributed by atoms with Crippen LogP contribution < -0.4 is 16.6 Å². The average molecular weight is 418 g/mol. The molecule has 2 amide bonds. The summed E-state index contributed by atoms with van der Waals surface area (Å²) in [6.45, 7) is 3.25. The number of hydrogen-bond acceptors (Lipinski definition) is 6. The number of primary amides is 1. The molecule has 4 rings (SSSR count). The van der Waals surface area contributed by atoms with E-state index in [4.69, 9.17) is 18.3 Å². The summed E-state index contributed by atoms with van der Waals surface area (Å²) in [6.07, 6.45) is 3.42. The number of nitrogens with two attached hydrogens (primary N) is 1. The number of nitrogens with one attached hydrogen (secondary N) is 1.